The van der Waals surface area contributed by atoms with Gasteiger partial charge in [0, 0.05) is 11.4 Å². The monoisotopic (exact) mass is 318 g/mol. The van der Waals surface area contributed by atoms with Crippen LogP contribution in [0.3, 0.4) is 0 Å². The van der Waals surface area contributed by atoms with E-state index in [4.69, 9.17) is 0 Å². The lowest BCUT2D eigenvalue weighted by Crippen LogP contribution is -2.09. The lowest BCUT2D eigenvalue weighted by molar-refractivity contribution is -0.138. The molecule has 2 aromatic heterocycles. The molecule has 0 unspecified atom stereocenters. The zero-order valence-electron chi connectivity index (χ0n) is 9.72. The summed E-state index contributed by atoms with van der Waals surface area (Å²) < 4.78 is 39.9. The molecule has 0 spiro atoms. The molecule has 0 aliphatic heterocycles. The molecule has 0 saturated heterocycles. The van der Waals surface area contributed by atoms with E-state index in [1.807, 2.05) is 26.0 Å². The van der Waals surface area contributed by atoms with Gasteiger partial charge in [0.05, 0.1) is 17.4 Å². The molecule has 0 amide bonds. The Hall–Kier alpha value is -1.30. The average molecular weight is 319 g/mol. The van der Waals surface area contributed by atoms with Crippen molar-refractivity contribution < 1.29 is 13.2 Å². The van der Waals surface area contributed by atoms with Crippen molar-refractivity contribution in [2.45, 2.75) is 20.0 Å². The third kappa shape index (κ3) is 2.29. The summed E-state index contributed by atoms with van der Waals surface area (Å²) in [5, 5.41) is 0. The van der Waals surface area contributed by atoms with Crippen molar-refractivity contribution in [2.75, 3.05) is 0 Å². The standard InChI is InChI=1S/C12H10BrF3N2/c1-7-3-4-8(2)18(7)9-5-10(12(14,15)16)11(13)17-6-9/h3-6H,1-2H3. The predicted octanol–water partition coefficient (Wildman–Crippen LogP) is 4.27. The van der Waals surface area contributed by atoms with E-state index < -0.39 is 11.7 Å². The Morgan fingerprint density at radius 2 is 1.72 bits per heavy atom. The first kappa shape index (κ1) is 13.1. The van der Waals surface area contributed by atoms with Gasteiger partial charge < -0.3 is 4.57 Å². The van der Waals surface area contributed by atoms with Crippen LogP contribution in [0.15, 0.2) is 29.0 Å². The quantitative estimate of drug-likeness (QED) is 0.718. The topological polar surface area (TPSA) is 17.8 Å². The summed E-state index contributed by atoms with van der Waals surface area (Å²) >= 11 is 2.83. The maximum Gasteiger partial charge on any atom is 0.419 e. The van der Waals surface area contributed by atoms with E-state index in [1.165, 1.54) is 6.20 Å². The first-order valence-electron chi connectivity index (χ1n) is 5.19. The second-order valence-corrected chi connectivity index (χ2v) is 4.73. The summed E-state index contributed by atoms with van der Waals surface area (Å²) in [5.41, 5.74) is 1.37. The third-order valence-corrected chi connectivity index (χ3v) is 3.29. The van der Waals surface area contributed by atoms with E-state index in [2.05, 4.69) is 20.9 Å². The summed E-state index contributed by atoms with van der Waals surface area (Å²) in [5.74, 6) is 0. The van der Waals surface area contributed by atoms with E-state index in [9.17, 15) is 13.2 Å². The van der Waals surface area contributed by atoms with Crippen molar-refractivity contribution in [3.05, 3.63) is 46.0 Å². The van der Waals surface area contributed by atoms with Crippen LogP contribution < -0.4 is 0 Å². The first-order chi connectivity index (χ1) is 8.30. The van der Waals surface area contributed by atoms with E-state index in [1.54, 1.807) is 4.57 Å². The van der Waals surface area contributed by atoms with E-state index in [0.717, 1.165) is 17.5 Å². The van der Waals surface area contributed by atoms with Crippen LogP contribution in [0.2, 0.25) is 0 Å². The second-order valence-electron chi connectivity index (χ2n) is 3.98. The molecule has 0 atom stereocenters. The Balaban J connectivity index is 2.62. The van der Waals surface area contributed by atoms with Crippen molar-refractivity contribution in [3.63, 3.8) is 0 Å². The fourth-order valence-electron chi connectivity index (χ4n) is 1.83. The zero-order chi connectivity index (χ0) is 13.5. The minimum absolute atomic E-state index is 0.193. The normalized spacial score (nSPS) is 11.9. The summed E-state index contributed by atoms with van der Waals surface area (Å²) in [6.45, 7) is 3.67. The lowest BCUT2D eigenvalue weighted by Gasteiger charge is -2.13. The molecule has 2 rings (SSSR count). The van der Waals surface area contributed by atoms with Crippen molar-refractivity contribution in [1.82, 2.24) is 9.55 Å². The highest BCUT2D eigenvalue weighted by atomic mass is 79.9. The molecule has 2 heterocycles. The molecule has 0 radical (unpaired) electrons. The molecule has 6 heteroatoms. The van der Waals surface area contributed by atoms with Gasteiger partial charge in [-0.05, 0) is 48.0 Å². The minimum Gasteiger partial charge on any atom is -0.317 e. The number of aryl methyl sites for hydroxylation is 2. The lowest BCUT2D eigenvalue weighted by atomic mass is 10.2. The van der Waals surface area contributed by atoms with Crippen LogP contribution >= 0.6 is 15.9 Å². The van der Waals surface area contributed by atoms with Gasteiger partial charge in [0.15, 0.2) is 0 Å². The maximum atomic E-state index is 12.8. The molecular formula is C12H10BrF3N2. The fourth-order valence-corrected chi connectivity index (χ4v) is 2.28. The molecule has 0 saturated carbocycles. The zero-order valence-corrected chi connectivity index (χ0v) is 11.3. The van der Waals surface area contributed by atoms with Gasteiger partial charge in [0.25, 0.3) is 0 Å². The van der Waals surface area contributed by atoms with E-state index >= 15 is 0 Å². The van der Waals surface area contributed by atoms with Gasteiger partial charge in [-0.15, -0.1) is 0 Å². The van der Waals surface area contributed by atoms with Crippen LogP contribution in [0.1, 0.15) is 17.0 Å². The number of alkyl halides is 3. The number of hydrogen-bond acceptors (Lipinski definition) is 1. The Bertz CT molecular complexity index is 568. The number of rotatable bonds is 1. The summed E-state index contributed by atoms with van der Waals surface area (Å²) in [7, 11) is 0. The summed E-state index contributed by atoms with van der Waals surface area (Å²) in [6.07, 6.45) is -3.00. The molecule has 0 N–H and O–H groups in total. The minimum atomic E-state index is -4.42. The molecular weight excluding hydrogens is 309 g/mol. The van der Waals surface area contributed by atoms with Crippen LogP contribution in [0, 0.1) is 13.8 Å². The Morgan fingerprint density at radius 3 is 2.22 bits per heavy atom. The van der Waals surface area contributed by atoms with Crippen LogP contribution in [-0.4, -0.2) is 9.55 Å². The maximum absolute atomic E-state index is 12.8. The summed E-state index contributed by atoms with van der Waals surface area (Å²) in [4.78, 5) is 3.76. The van der Waals surface area contributed by atoms with Gasteiger partial charge in [0.2, 0.25) is 0 Å². The molecule has 2 nitrogen and oxygen atoms in total. The highest BCUT2D eigenvalue weighted by Gasteiger charge is 2.34. The largest absolute Gasteiger partial charge is 0.419 e. The molecule has 0 fully saturated rings. The highest BCUT2D eigenvalue weighted by Crippen LogP contribution is 2.35. The predicted molar refractivity (Wildman–Crippen MR) is 65.7 cm³/mol. The number of nitrogens with zero attached hydrogens (tertiary/aromatic N) is 2. The van der Waals surface area contributed by atoms with Gasteiger partial charge in [-0.1, -0.05) is 0 Å². The van der Waals surface area contributed by atoms with E-state index in [-0.39, 0.29) is 4.60 Å². The molecule has 0 aliphatic rings. The van der Waals surface area contributed by atoms with E-state index in [0.29, 0.717) is 5.69 Å². The van der Waals surface area contributed by atoms with Gasteiger partial charge in [-0.25, -0.2) is 4.98 Å². The molecule has 0 aliphatic carbocycles. The van der Waals surface area contributed by atoms with Crippen molar-refractivity contribution in [2.24, 2.45) is 0 Å². The van der Waals surface area contributed by atoms with Gasteiger partial charge in [-0.3, -0.25) is 0 Å². The van der Waals surface area contributed by atoms with Gasteiger partial charge >= 0.3 is 6.18 Å². The van der Waals surface area contributed by atoms with Crippen LogP contribution in [0.5, 0.6) is 0 Å². The van der Waals surface area contributed by atoms with Gasteiger partial charge in [-0.2, -0.15) is 13.2 Å². The average Bonchev–Trinajstić information content (AvgIpc) is 2.58. The fraction of sp³-hybridized carbons (Fsp3) is 0.250. The number of hydrogen-bond donors (Lipinski definition) is 0. The molecule has 18 heavy (non-hydrogen) atoms. The van der Waals surface area contributed by atoms with Gasteiger partial charge in [0.1, 0.15) is 4.60 Å². The molecule has 0 bridgehead atoms. The number of pyridine rings is 1. The van der Waals surface area contributed by atoms with Crippen LogP contribution in [0.4, 0.5) is 13.2 Å². The third-order valence-electron chi connectivity index (χ3n) is 2.66. The van der Waals surface area contributed by atoms with Crippen molar-refractivity contribution in [3.8, 4) is 5.69 Å². The molecule has 0 aromatic carbocycles. The SMILES string of the molecule is Cc1ccc(C)n1-c1cnc(Br)c(C(F)(F)F)c1. The Kier molecular flexibility index (Phi) is 3.23. The van der Waals surface area contributed by atoms with Crippen LogP contribution in [-0.2, 0) is 6.18 Å². The number of aromatic nitrogens is 2. The Morgan fingerprint density at radius 1 is 1.17 bits per heavy atom. The Labute approximate surface area is 111 Å². The number of halogens is 4. The van der Waals surface area contributed by atoms with Crippen molar-refractivity contribution >= 4 is 15.9 Å². The van der Waals surface area contributed by atoms with Crippen LogP contribution in [0.25, 0.3) is 5.69 Å². The molecule has 96 valence electrons. The summed E-state index contributed by atoms with van der Waals surface area (Å²) in [6, 6.07) is 4.80. The second kappa shape index (κ2) is 4.42. The van der Waals surface area contributed by atoms with Crippen molar-refractivity contribution in [1.29, 1.82) is 0 Å². The molecule has 2 aromatic rings. The highest BCUT2D eigenvalue weighted by molar-refractivity contribution is 9.10. The smallest absolute Gasteiger partial charge is 0.317 e. The first-order valence-corrected chi connectivity index (χ1v) is 5.98.